The Morgan fingerprint density at radius 3 is 2.19 bits per heavy atom. The van der Waals surface area contributed by atoms with Gasteiger partial charge in [-0.3, -0.25) is 19.4 Å². The summed E-state index contributed by atoms with van der Waals surface area (Å²) in [5, 5.41) is 0. The second kappa shape index (κ2) is 7.30. The Labute approximate surface area is 154 Å². The van der Waals surface area contributed by atoms with Crippen molar-refractivity contribution in [3.63, 3.8) is 0 Å². The van der Waals surface area contributed by atoms with Crippen LogP contribution in [0.25, 0.3) is 0 Å². The first-order valence-corrected chi connectivity index (χ1v) is 8.72. The van der Waals surface area contributed by atoms with Crippen molar-refractivity contribution in [3.8, 4) is 0 Å². The van der Waals surface area contributed by atoms with E-state index >= 15 is 0 Å². The molecule has 9 heteroatoms. The van der Waals surface area contributed by atoms with Crippen LogP contribution in [0.15, 0.2) is 24.3 Å². The number of amides is 4. The Bertz CT molecular complexity index is 742. The van der Waals surface area contributed by atoms with Gasteiger partial charge in [0.15, 0.2) is 0 Å². The fourth-order valence-electron chi connectivity index (χ4n) is 3.53. The summed E-state index contributed by atoms with van der Waals surface area (Å²) in [6.07, 6.45) is -1.14. The highest BCUT2D eigenvalue weighted by molar-refractivity contribution is 6.44. The lowest BCUT2D eigenvalue weighted by molar-refractivity contribution is -0.144. The fraction of sp³-hybridized carbons (Fsp3) is 0.500. The summed E-state index contributed by atoms with van der Waals surface area (Å²) >= 11 is 0. The molecule has 146 valence electrons. The van der Waals surface area contributed by atoms with Gasteiger partial charge in [0.1, 0.15) is 0 Å². The lowest BCUT2D eigenvalue weighted by Gasteiger charge is -2.24. The zero-order valence-corrected chi connectivity index (χ0v) is 14.8. The first-order valence-electron chi connectivity index (χ1n) is 8.72. The Morgan fingerprint density at radius 1 is 1.04 bits per heavy atom. The summed E-state index contributed by atoms with van der Waals surface area (Å²) < 4.78 is 37.8. The van der Waals surface area contributed by atoms with Gasteiger partial charge < -0.3 is 0 Å². The van der Waals surface area contributed by atoms with Crippen LogP contribution in [0.2, 0.25) is 0 Å². The molecule has 1 saturated carbocycles. The van der Waals surface area contributed by atoms with E-state index in [-0.39, 0.29) is 19.3 Å². The van der Waals surface area contributed by atoms with Crippen molar-refractivity contribution in [1.29, 1.82) is 0 Å². The maximum atomic E-state index is 12.6. The zero-order chi connectivity index (χ0) is 19.8. The van der Waals surface area contributed by atoms with Gasteiger partial charge in [0.2, 0.25) is 0 Å². The Hall–Kier alpha value is -2.42. The first-order chi connectivity index (χ1) is 12.7. The van der Waals surface area contributed by atoms with E-state index < -0.39 is 29.6 Å². The molecule has 27 heavy (non-hydrogen) atoms. The largest absolute Gasteiger partial charge is 0.416 e. The van der Waals surface area contributed by atoms with Crippen molar-refractivity contribution >= 4 is 17.8 Å². The fourth-order valence-corrected chi connectivity index (χ4v) is 3.53. The monoisotopic (exact) mass is 383 g/mol. The molecule has 0 radical (unpaired) electrons. The molecule has 0 atom stereocenters. The molecule has 1 aliphatic carbocycles. The molecular formula is C18H20F3N3O3. The van der Waals surface area contributed by atoms with Gasteiger partial charge in [-0.25, -0.2) is 9.69 Å². The molecule has 3 rings (SSSR count). The molecule has 1 heterocycles. The van der Waals surface area contributed by atoms with Crippen molar-refractivity contribution in [3.05, 3.63) is 35.4 Å². The summed E-state index contributed by atoms with van der Waals surface area (Å²) in [6, 6.07) is 3.84. The molecule has 0 aromatic heterocycles. The maximum absolute atomic E-state index is 12.6. The number of urea groups is 1. The standard InChI is InChI=1S/C18H20F3N3O3/c1-22(10-12-6-8-13(9-7-12)18(19,20)21)11-23-15(25)16(26)24(17(23)27)14-4-2-3-5-14/h6-9,14H,2-5,10-11H2,1H3. The van der Waals surface area contributed by atoms with E-state index in [9.17, 15) is 27.6 Å². The topological polar surface area (TPSA) is 60.9 Å². The van der Waals surface area contributed by atoms with E-state index in [0.29, 0.717) is 18.4 Å². The number of nitrogens with zero attached hydrogens (tertiary/aromatic N) is 3. The minimum absolute atomic E-state index is 0.104. The third kappa shape index (κ3) is 3.97. The van der Waals surface area contributed by atoms with Gasteiger partial charge in [-0.05, 0) is 37.6 Å². The van der Waals surface area contributed by atoms with Crippen LogP contribution in [-0.2, 0) is 22.3 Å². The second-order valence-electron chi connectivity index (χ2n) is 6.98. The average Bonchev–Trinajstić information content (AvgIpc) is 3.18. The van der Waals surface area contributed by atoms with Gasteiger partial charge in [0.25, 0.3) is 0 Å². The van der Waals surface area contributed by atoms with Crippen molar-refractivity contribution in [2.24, 2.45) is 0 Å². The lowest BCUT2D eigenvalue weighted by atomic mass is 10.1. The Morgan fingerprint density at radius 2 is 1.63 bits per heavy atom. The van der Waals surface area contributed by atoms with Crippen LogP contribution in [0.4, 0.5) is 18.0 Å². The highest BCUT2D eigenvalue weighted by atomic mass is 19.4. The summed E-state index contributed by atoms with van der Waals surface area (Å²) in [5.74, 6) is -1.65. The molecule has 2 fully saturated rings. The SMILES string of the molecule is CN(Cc1ccc(C(F)(F)F)cc1)CN1C(=O)C(=O)N(C2CCCC2)C1=O. The average molecular weight is 383 g/mol. The van der Waals surface area contributed by atoms with Crippen molar-refractivity contribution < 1.29 is 27.6 Å². The van der Waals surface area contributed by atoms with Gasteiger partial charge >= 0.3 is 24.0 Å². The van der Waals surface area contributed by atoms with E-state index in [4.69, 9.17) is 0 Å². The molecule has 0 spiro atoms. The van der Waals surface area contributed by atoms with Crippen LogP contribution < -0.4 is 0 Å². The summed E-state index contributed by atoms with van der Waals surface area (Å²) in [6.45, 7) is 0.125. The van der Waals surface area contributed by atoms with Crippen LogP contribution >= 0.6 is 0 Å². The van der Waals surface area contributed by atoms with Crippen LogP contribution in [0.5, 0.6) is 0 Å². The predicted octanol–water partition coefficient (Wildman–Crippen LogP) is 2.83. The van der Waals surface area contributed by atoms with Crippen molar-refractivity contribution in [2.75, 3.05) is 13.7 Å². The number of benzene rings is 1. The van der Waals surface area contributed by atoms with Crippen LogP contribution in [0, 0.1) is 0 Å². The minimum Gasteiger partial charge on any atom is -0.284 e. The van der Waals surface area contributed by atoms with Crippen LogP contribution in [0.3, 0.4) is 0 Å². The number of carbonyl (C=O) groups is 3. The molecule has 0 N–H and O–H groups in total. The normalized spacial score (nSPS) is 19.1. The van der Waals surface area contributed by atoms with Gasteiger partial charge in [0.05, 0.1) is 12.2 Å². The third-order valence-electron chi connectivity index (χ3n) is 4.89. The Balaban J connectivity index is 1.63. The Kier molecular flexibility index (Phi) is 5.23. The molecule has 2 aliphatic rings. The number of halogens is 3. The molecule has 0 bridgehead atoms. The number of hydrogen-bond donors (Lipinski definition) is 0. The lowest BCUT2D eigenvalue weighted by Crippen LogP contribution is -2.42. The third-order valence-corrected chi connectivity index (χ3v) is 4.89. The summed E-state index contributed by atoms with van der Waals surface area (Å²) in [5.41, 5.74) is -0.139. The van der Waals surface area contributed by atoms with E-state index in [2.05, 4.69) is 0 Å². The van der Waals surface area contributed by atoms with Gasteiger partial charge in [0, 0.05) is 12.6 Å². The number of alkyl halides is 3. The molecule has 1 saturated heterocycles. The minimum atomic E-state index is -4.40. The maximum Gasteiger partial charge on any atom is 0.416 e. The molecular weight excluding hydrogens is 363 g/mol. The van der Waals surface area contributed by atoms with Crippen LogP contribution in [-0.4, -0.2) is 52.3 Å². The molecule has 4 amide bonds. The van der Waals surface area contributed by atoms with Gasteiger partial charge in [-0.15, -0.1) is 0 Å². The van der Waals surface area contributed by atoms with E-state index in [0.717, 1.165) is 34.8 Å². The zero-order valence-electron chi connectivity index (χ0n) is 14.8. The number of rotatable bonds is 5. The number of carbonyl (C=O) groups excluding carboxylic acids is 3. The number of imide groups is 2. The molecule has 1 aromatic rings. The van der Waals surface area contributed by atoms with E-state index in [1.807, 2.05) is 0 Å². The predicted molar refractivity (Wildman–Crippen MR) is 89.1 cm³/mol. The second-order valence-corrected chi connectivity index (χ2v) is 6.98. The summed E-state index contributed by atoms with van der Waals surface area (Å²) in [4.78, 5) is 40.4. The smallest absolute Gasteiger partial charge is 0.284 e. The number of hydrogen-bond acceptors (Lipinski definition) is 4. The van der Waals surface area contributed by atoms with Gasteiger partial charge in [-0.1, -0.05) is 25.0 Å². The molecule has 0 unspecified atom stereocenters. The van der Waals surface area contributed by atoms with Gasteiger partial charge in [-0.2, -0.15) is 13.2 Å². The highest BCUT2D eigenvalue weighted by Gasteiger charge is 2.48. The van der Waals surface area contributed by atoms with Crippen LogP contribution in [0.1, 0.15) is 36.8 Å². The quantitative estimate of drug-likeness (QED) is 0.580. The highest BCUT2D eigenvalue weighted by Crippen LogP contribution is 2.30. The molecule has 1 aliphatic heterocycles. The molecule has 1 aromatic carbocycles. The molecule has 6 nitrogen and oxygen atoms in total. The van der Waals surface area contributed by atoms with E-state index in [1.54, 1.807) is 11.9 Å². The first kappa shape index (κ1) is 19.3. The summed E-state index contributed by atoms with van der Waals surface area (Å²) in [7, 11) is 1.63. The van der Waals surface area contributed by atoms with E-state index in [1.165, 1.54) is 12.1 Å². The van der Waals surface area contributed by atoms with Crippen molar-refractivity contribution in [2.45, 2.75) is 44.4 Å². The van der Waals surface area contributed by atoms with Crippen molar-refractivity contribution in [1.82, 2.24) is 14.7 Å².